The minimum Gasteiger partial charge on any atom is -0.504 e. The van der Waals surface area contributed by atoms with Crippen LogP contribution in [0.4, 0.5) is 0 Å². The van der Waals surface area contributed by atoms with Crippen LogP contribution in [0.25, 0.3) is 12.2 Å². The van der Waals surface area contributed by atoms with Crippen molar-refractivity contribution in [1.82, 2.24) is 0 Å². The maximum absolute atomic E-state index is 11.9. The molecule has 5 nitrogen and oxygen atoms in total. The van der Waals surface area contributed by atoms with Crippen LogP contribution in [0, 0.1) is 0 Å². The maximum Gasteiger partial charge on any atom is 0.242 e. The van der Waals surface area contributed by atoms with Gasteiger partial charge in [-0.2, -0.15) is 0 Å². The first-order valence-corrected chi connectivity index (χ1v) is 10.0. The summed E-state index contributed by atoms with van der Waals surface area (Å²) in [6.45, 7) is 3.06. The van der Waals surface area contributed by atoms with Crippen molar-refractivity contribution in [3.05, 3.63) is 65.7 Å². The second-order valence-electron chi connectivity index (χ2n) is 5.70. The number of aromatic hydroxyl groups is 2. The molecule has 0 aliphatic heterocycles. The van der Waals surface area contributed by atoms with E-state index in [0.717, 1.165) is 5.56 Å². The minimum atomic E-state index is -2.65. The first kappa shape index (κ1) is 18.6. The van der Waals surface area contributed by atoms with Crippen LogP contribution < -0.4 is 4.52 Å². The molecule has 130 valence electrons. The summed E-state index contributed by atoms with van der Waals surface area (Å²) in [6, 6.07) is 11.4. The Kier molecular flexibility index (Phi) is 5.84. The molecule has 2 N–H and O–H groups in total. The topological polar surface area (TPSA) is 83.8 Å². The van der Waals surface area contributed by atoms with Crippen molar-refractivity contribution in [3.63, 3.8) is 0 Å². The Labute approximate surface area is 146 Å². The van der Waals surface area contributed by atoms with Gasteiger partial charge in [0.1, 0.15) is 5.75 Å². The summed E-state index contributed by atoms with van der Waals surface area (Å²) in [6.07, 6.45) is 5.69. The Morgan fingerprint density at radius 2 is 1.72 bits per heavy atom. The SMILES string of the molecule is CP(C)(=O)Oc1cccc(/C=C/C(=O)/C=C/c2cccc(O)c2O)c1. The van der Waals surface area contributed by atoms with Gasteiger partial charge in [-0.3, -0.25) is 9.36 Å². The quantitative estimate of drug-likeness (QED) is 0.457. The molecule has 6 heteroatoms. The van der Waals surface area contributed by atoms with Gasteiger partial charge in [0.15, 0.2) is 17.3 Å². The fourth-order valence-corrected chi connectivity index (χ4v) is 2.64. The van der Waals surface area contributed by atoms with Crippen LogP contribution in [0.3, 0.4) is 0 Å². The third kappa shape index (κ3) is 5.98. The van der Waals surface area contributed by atoms with Gasteiger partial charge in [-0.15, -0.1) is 0 Å². The van der Waals surface area contributed by atoms with E-state index in [2.05, 4.69) is 0 Å². The highest BCUT2D eigenvalue weighted by Gasteiger charge is 2.08. The molecule has 0 atom stereocenters. The lowest BCUT2D eigenvalue weighted by Gasteiger charge is -2.10. The molecule has 0 saturated carbocycles. The highest BCUT2D eigenvalue weighted by Crippen LogP contribution is 2.38. The molecule has 0 heterocycles. The summed E-state index contributed by atoms with van der Waals surface area (Å²) in [5, 5.41) is 19.1. The van der Waals surface area contributed by atoms with Crippen LogP contribution in [0.5, 0.6) is 17.2 Å². The highest BCUT2D eigenvalue weighted by molar-refractivity contribution is 7.57. The van der Waals surface area contributed by atoms with Gasteiger partial charge in [-0.05, 0) is 42.0 Å². The van der Waals surface area contributed by atoms with Crippen LogP contribution in [-0.2, 0) is 9.36 Å². The Morgan fingerprint density at radius 1 is 1.04 bits per heavy atom. The standard InChI is InChI=1S/C19H19O5P/c1-25(2,23)24-17-7-3-5-14(13-17)9-11-16(20)12-10-15-6-4-8-18(21)19(15)22/h3-13,21-22H,1-2H3/b11-9+,12-10+. The predicted octanol–water partition coefficient (Wildman–Crippen LogP) is 4.31. The third-order valence-corrected chi connectivity index (χ3v) is 3.75. The summed E-state index contributed by atoms with van der Waals surface area (Å²) in [4.78, 5) is 11.9. The van der Waals surface area contributed by atoms with Crippen LogP contribution in [-0.4, -0.2) is 29.3 Å². The Balaban J connectivity index is 2.07. The number of carbonyl (C=O) groups is 1. The zero-order chi connectivity index (χ0) is 18.4. The first-order chi connectivity index (χ1) is 11.7. The van der Waals surface area contributed by atoms with Gasteiger partial charge in [0.05, 0.1) is 0 Å². The van der Waals surface area contributed by atoms with E-state index >= 15 is 0 Å². The van der Waals surface area contributed by atoms with Crippen molar-refractivity contribution >= 4 is 25.3 Å². The predicted molar refractivity (Wildman–Crippen MR) is 99.4 cm³/mol. The fraction of sp³-hybridized carbons (Fsp3) is 0.105. The number of hydrogen-bond acceptors (Lipinski definition) is 5. The number of benzene rings is 2. The molecule has 0 saturated heterocycles. The number of phenolic OH excluding ortho intramolecular Hbond substituents is 2. The average molecular weight is 358 g/mol. The van der Waals surface area contributed by atoms with Crippen LogP contribution >= 0.6 is 7.37 Å². The van der Waals surface area contributed by atoms with Gasteiger partial charge >= 0.3 is 0 Å². The van der Waals surface area contributed by atoms with E-state index in [1.807, 2.05) is 0 Å². The van der Waals surface area contributed by atoms with Crippen molar-refractivity contribution in [2.24, 2.45) is 0 Å². The zero-order valence-electron chi connectivity index (χ0n) is 13.9. The Hall–Kier alpha value is -2.78. The lowest BCUT2D eigenvalue weighted by Crippen LogP contribution is -1.89. The molecule has 0 unspecified atom stereocenters. The minimum absolute atomic E-state index is 0.244. The highest BCUT2D eigenvalue weighted by atomic mass is 31.2. The molecule has 2 aromatic rings. The van der Waals surface area contributed by atoms with Gasteiger partial charge in [-0.1, -0.05) is 30.3 Å². The molecule has 0 bridgehead atoms. The molecule has 0 aliphatic rings. The number of para-hydroxylation sites is 1. The van der Waals surface area contributed by atoms with E-state index < -0.39 is 7.37 Å². The van der Waals surface area contributed by atoms with E-state index in [9.17, 15) is 19.6 Å². The number of hydrogen-bond donors (Lipinski definition) is 2. The van der Waals surface area contributed by atoms with Gasteiger partial charge in [0.2, 0.25) is 7.37 Å². The number of ketones is 1. The summed E-state index contributed by atoms with van der Waals surface area (Å²) >= 11 is 0. The number of allylic oxidation sites excluding steroid dienone is 2. The fourth-order valence-electron chi connectivity index (χ4n) is 2.02. The van der Waals surface area contributed by atoms with E-state index in [0.29, 0.717) is 11.3 Å². The molecular weight excluding hydrogens is 339 g/mol. The third-order valence-electron chi connectivity index (χ3n) is 3.10. The zero-order valence-corrected chi connectivity index (χ0v) is 14.8. The van der Waals surface area contributed by atoms with Crippen molar-refractivity contribution in [2.75, 3.05) is 13.3 Å². The molecule has 0 aromatic heterocycles. The number of phenols is 2. The molecule has 0 amide bonds. The largest absolute Gasteiger partial charge is 0.504 e. The van der Waals surface area contributed by atoms with Crippen LogP contribution in [0.2, 0.25) is 0 Å². The normalized spacial score (nSPS) is 11.9. The van der Waals surface area contributed by atoms with Gasteiger partial charge < -0.3 is 14.7 Å². The van der Waals surface area contributed by atoms with Gasteiger partial charge in [0.25, 0.3) is 0 Å². The van der Waals surface area contributed by atoms with Gasteiger partial charge in [0, 0.05) is 18.9 Å². The number of carbonyl (C=O) groups excluding carboxylic acids is 1. The van der Waals surface area contributed by atoms with Crippen molar-refractivity contribution < 1.29 is 24.1 Å². The van der Waals surface area contributed by atoms with Crippen LogP contribution in [0.15, 0.2) is 54.6 Å². The van der Waals surface area contributed by atoms with Crippen molar-refractivity contribution in [3.8, 4) is 17.2 Å². The van der Waals surface area contributed by atoms with E-state index in [4.69, 9.17) is 4.52 Å². The Morgan fingerprint density at radius 3 is 2.44 bits per heavy atom. The lowest BCUT2D eigenvalue weighted by molar-refractivity contribution is -0.110. The van der Waals surface area contributed by atoms with Crippen molar-refractivity contribution in [1.29, 1.82) is 0 Å². The maximum atomic E-state index is 11.9. The molecular formula is C19H19O5P. The molecule has 0 radical (unpaired) electrons. The lowest BCUT2D eigenvalue weighted by atomic mass is 10.1. The van der Waals surface area contributed by atoms with Crippen LogP contribution in [0.1, 0.15) is 11.1 Å². The summed E-state index contributed by atoms with van der Waals surface area (Å²) in [5.41, 5.74) is 1.08. The summed E-state index contributed by atoms with van der Waals surface area (Å²) < 4.78 is 17.0. The molecule has 0 fully saturated rings. The monoisotopic (exact) mass is 358 g/mol. The first-order valence-electron chi connectivity index (χ1n) is 7.50. The summed E-state index contributed by atoms with van der Waals surface area (Å²) in [7, 11) is -2.65. The second-order valence-corrected chi connectivity index (χ2v) is 8.39. The van der Waals surface area contributed by atoms with E-state index in [-0.39, 0.29) is 17.3 Å². The average Bonchev–Trinajstić information content (AvgIpc) is 2.53. The van der Waals surface area contributed by atoms with E-state index in [1.165, 1.54) is 37.6 Å². The van der Waals surface area contributed by atoms with Gasteiger partial charge in [-0.25, -0.2) is 0 Å². The molecule has 0 spiro atoms. The molecule has 2 rings (SSSR count). The molecule has 25 heavy (non-hydrogen) atoms. The summed E-state index contributed by atoms with van der Waals surface area (Å²) in [5.74, 6) is -0.330. The van der Waals surface area contributed by atoms with E-state index in [1.54, 1.807) is 42.5 Å². The molecule has 0 aliphatic carbocycles. The molecule has 2 aromatic carbocycles. The Bertz CT molecular complexity index is 877. The smallest absolute Gasteiger partial charge is 0.242 e. The van der Waals surface area contributed by atoms with Crippen molar-refractivity contribution in [2.45, 2.75) is 0 Å². The second kappa shape index (κ2) is 7.86. The number of rotatable bonds is 6.